The molecule has 6 heteroatoms. The highest BCUT2D eigenvalue weighted by atomic mass is 16.7. The van der Waals surface area contributed by atoms with Crippen LogP contribution < -0.4 is 0 Å². The summed E-state index contributed by atoms with van der Waals surface area (Å²) in [5.41, 5.74) is -0.360. The molecule has 0 rings (SSSR count). The number of hydrogen-bond donors (Lipinski definition) is 2. The molecular formula is C19H41NO5. The van der Waals surface area contributed by atoms with Crippen molar-refractivity contribution < 1.29 is 24.4 Å². The van der Waals surface area contributed by atoms with E-state index in [1.807, 2.05) is 13.8 Å². The zero-order valence-corrected chi connectivity index (χ0v) is 17.2. The minimum absolute atomic E-state index is 0.0945. The molecule has 6 nitrogen and oxygen atoms in total. The Kier molecular flexibility index (Phi) is 12.9. The van der Waals surface area contributed by atoms with Gasteiger partial charge in [0.05, 0.1) is 25.4 Å². The lowest BCUT2D eigenvalue weighted by atomic mass is 9.92. The van der Waals surface area contributed by atoms with E-state index in [0.717, 1.165) is 19.3 Å². The summed E-state index contributed by atoms with van der Waals surface area (Å²) in [5.74, 6) is 0. The van der Waals surface area contributed by atoms with Gasteiger partial charge in [0.15, 0.2) is 6.29 Å². The van der Waals surface area contributed by atoms with Gasteiger partial charge in [-0.15, -0.1) is 0 Å². The maximum atomic E-state index is 9.28. The van der Waals surface area contributed by atoms with Gasteiger partial charge in [0.25, 0.3) is 0 Å². The van der Waals surface area contributed by atoms with Crippen molar-refractivity contribution in [1.29, 1.82) is 0 Å². The topological polar surface area (TPSA) is 71.4 Å². The Hall–Kier alpha value is -0.240. The second-order valence-electron chi connectivity index (χ2n) is 7.29. The standard InChI is InChI=1S/C19H41NO5/c1-7-19(6,20(11-13-21)12-14-22)10-16-25-18(4,5)9-15-24-17(3)23-8-2/h17,21-22H,7-16H2,1-6H3. The number of β-amino-alcohol motifs (C(OH)–C–C–N with tert-alkyl or cyclic N) is 2. The van der Waals surface area contributed by atoms with Crippen molar-refractivity contribution in [3.8, 4) is 0 Å². The Morgan fingerprint density at radius 1 is 0.920 bits per heavy atom. The zero-order chi connectivity index (χ0) is 19.3. The summed E-state index contributed by atoms with van der Waals surface area (Å²) in [6.07, 6.45) is 2.40. The SMILES string of the molecule is CCOC(C)OCCC(C)(C)OCCC(C)(CC)N(CCO)CCO. The predicted molar refractivity (Wildman–Crippen MR) is 101 cm³/mol. The van der Waals surface area contributed by atoms with E-state index >= 15 is 0 Å². The third kappa shape index (κ3) is 10.5. The fourth-order valence-electron chi connectivity index (χ4n) is 2.82. The minimum Gasteiger partial charge on any atom is -0.395 e. The number of nitrogens with zero attached hydrogens (tertiary/aromatic N) is 1. The minimum atomic E-state index is -0.265. The van der Waals surface area contributed by atoms with Crippen LogP contribution in [0.5, 0.6) is 0 Å². The van der Waals surface area contributed by atoms with E-state index in [1.165, 1.54) is 0 Å². The lowest BCUT2D eigenvalue weighted by Crippen LogP contribution is -2.49. The smallest absolute Gasteiger partial charge is 0.154 e. The van der Waals surface area contributed by atoms with Crippen molar-refractivity contribution in [2.75, 3.05) is 46.1 Å². The van der Waals surface area contributed by atoms with Gasteiger partial charge in [-0.3, -0.25) is 4.90 Å². The van der Waals surface area contributed by atoms with E-state index < -0.39 is 0 Å². The number of aliphatic hydroxyl groups is 2. The Morgan fingerprint density at radius 2 is 1.52 bits per heavy atom. The molecule has 0 saturated carbocycles. The first kappa shape index (κ1) is 24.8. The molecule has 25 heavy (non-hydrogen) atoms. The van der Waals surface area contributed by atoms with Crippen LogP contribution >= 0.6 is 0 Å². The van der Waals surface area contributed by atoms with Crippen LogP contribution in [0.1, 0.15) is 60.8 Å². The van der Waals surface area contributed by atoms with Crippen molar-refractivity contribution in [1.82, 2.24) is 4.90 Å². The molecule has 2 unspecified atom stereocenters. The predicted octanol–water partition coefficient (Wildman–Crippen LogP) is 2.42. The van der Waals surface area contributed by atoms with E-state index in [1.54, 1.807) is 0 Å². The summed E-state index contributed by atoms with van der Waals surface area (Å²) in [6, 6.07) is 0. The van der Waals surface area contributed by atoms with Gasteiger partial charge in [-0.05, 0) is 53.9 Å². The molecule has 0 spiro atoms. The van der Waals surface area contributed by atoms with Gasteiger partial charge in [-0.2, -0.15) is 0 Å². The van der Waals surface area contributed by atoms with E-state index in [-0.39, 0.29) is 30.6 Å². The molecule has 152 valence electrons. The fraction of sp³-hybridized carbons (Fsp3) is 1.00. The van der Waals surface area contributed by atoms with Crippen LogP contribution in [0, 0.1) is 0 Å². The molecule has 0 saturated heterocycles. The molecule has 0 aliphatic carbocycles. The van der Waals surface area contributed by atoms with Crippen LogP contribution in [0.3, 0.4) is 0 Å². The summed E-state index contributed by atoms with van der Waals surface area (Å²) in [5, 5.41) is 18.6. The molecule has 0 radical (unpaired) electrons. The van der Waals surface area contributed by atoms with Crippen molar-refractivity contribution >= 4 is 0 Å². The molecule has 0 aromatic heterocycles. The summed E-state index contributed by atoms with van der Waals surface area (Å²) < 4.78 is 17.1. The first-order valence-corrected chi connectivity index (χ1v) is 9.58. The summed E-state index contributed by atoms with van der Waals surface area (Å²) in [6.45, 7) is 15.5. The van der Waals surface area contributed by atoms with E-state index in [0.29, 0.717) is 32.9 Å². The lowest BCUT2D eigenvalue weighted by molar-refractivity contribution is -0.140. The van der Waals surface area contributed by atoms with Crippen LogP contribution in [0.15, 0.2) is 0 Å². The first-order chi connectivity index (χ1) is 11.7. The molecule has 2 N–H and O–H groups in total. The molecule has 0 amide bonds. The summed E-state index contributed by atoms with van der Waals surface area (Å²) >= 11 is 0. The Bertz CT molecular complexity index is 321. The maximum absolute atomic E-state index is 9.28. The largest absolute Gasteiger partial charge is 0.395 e. The quantitative estimate of drug-likeness (QED) is 0.410. The highest BCUT2D eigenvalue weighted by molar-refractivity contribution is 4.85. The number of ether oxygens (including phenoxy) is 3. The molecule has 0 aromatic rings. The molecule has 0 fully saturated rings. The lowest BCUT2D eigenvalue weighted by Gasteiger charge is -2.41. The Morgan fingerprint density at radius 3 is 2.00 bits per heavy atom. The Labute approximate surface area is 154 Å². The average molecular weight is 364 g/mol. The van der Waals surface area contributed by atoms with Gasteiger partial charge in [-0.25, -0.2) is 0 Å². The average Bonchev–Trinajstić information content (AvgIpc) is 2.54. The molecule has 0 bridgehead atoms. The molecule has 0 aliphatic rings. The van der Waals surface area contributed by atoms with Crippen molar-refractivity contribution in [3.05, 3.63) is 0 Å². The third-order valence-electron chi connectivity index (χ3n) is 4.86. The third-order valence-corrected chi connectivity index (χ3v) is 4.86. The zero-order valence-electron chi connectivity index (χ0n) is 17.2. The van der Waals surface area contributed by atoms with Gasteiger partial charge in [0, 0.05) is 31.8 Å². The summed E-state index contributed by atoms with van der Waals surface area (Å²) in [4.78, 5) is 2.15. The van der Waals surface area contributed by atoms with Crippen LogP contribution in [-0.4, -0.2) is 78.7 Å². The molecule has 0 aromatic carbocycles. The van der Waals surface area contributed by atoms with Crippen LogP contribution in [0.25, 0.3) is 0 Å². The van der Waals surface area contributed by atoms with Crippen molar-refractivity contribution in [2.45, 2.75) is 78.2 Å². The van der Waals surface area contributed by atoms with Crippen LogP contribution in [0.2, 0.25) is 0 Å². The number of rotatable bonds is 16. The first-order valence-electron chi connectivity index (χ1n) is 9.58. The number of hydrogen-bond acceptors (Lipinski definition) is 6. The van der Waals surface area contributed by atoms with Gasteiger partial charge in [-0.1, -0.05) is 6.92 Å². The highest BCUT2D eigenvalue weighted by Crippen LogP contribution is 2.25. The second kappa shape index (κ2) is 13.0. The van der Waals surface area contributed by atoms with E-state index in [9.17, 15) is 10.2 Å². The van der Waals surface area contributed by atoms with Crippen LogP contribution in [0.4, 0.5) is 0 Å². The maximum Gasteiger partial charge on any atom is 0.154 e. The summed E-state index contributed by atoms with van der Waals surface area (Å²) in [7, 11) is 0. The molecule has 2 atom stereocenters. The van der Waals surface area contributed by atoms with Crippen molar-refractivity contribution in [3.63, 3.8) is 0 Å². The van der Waals surface area contributed by atoms with Crippen molar-refractivity contribution in [2.24, 2.45) is 0 Å². The van der Waals surface area contributed by atoms with Gasteiger partial charge >= 0.3 is 0 Å². The fourth-order valence-corrected chi connectivity index (χ4v) is 2.82. The van der Waals surface area contributed by atoms with E-state index in [4.69, 9.17) is 14.2 Å². The Balaban J connectivity index is 4.37. The molecular weight excluding hydrogens is 322 g/mol. The number of aliphatic hydroxyl groups excluding tert-OH is 2. The van der Waals surface area contributed by atoms with Gasteiger partial charge in [0.2, 0.25) is 0 Å². The monoisotopic (exact) mass is 363 g/mol. The molecule has 0 aliphatic heterocycles. The highest BCUT2D eigenvalue weighted by Gasteiger charge is 2.30. The second-order valence-corrected chi connectivity index (χ2v) is 7.29. The molecule has 0 heterocycles. The van der Waals surface area contributed by atoms with Crippen LogP contribution in [-0.2, 0) is 14.2 Å². The van der Waals surface area contributed by atoms with E-state index in [2.05, 4.69) is 32.6 Å². The van der Waals surface area contributed by atoms with Gasteiger partial charge < -0.3 is 24.4 Å². The van der Waals surface area contributed by atoms with Gasteiger partial charge in [0.1, 0.15) is 0 Å². The normalized spacial score (nSPS) is 16.2.